The molecule has 41 heavy (non-hydrogen) atoms. The first-order valence-corrected chi connectivity index (χ1v) is 13.8. The van der Waals surface area contributed by atoms with Gasteiger partial charge in [-0.3, -0.25) is 0 Å². The van der Waals surface area contributed by atoms with Crippen molar-refractivity contribution in [1.29, 1.82) is 0 Å². The third-order valence-electron chi connectivity index (χ3n) is 7.22. The van der Waals surface area contributed by atoms with Crippen LogP contribution in [0.15, 0.2) is 97.1 Å². The van der Waals surface area contributed by atoms with Gasteiger partial charge in [0, 0.05) is 47.1 Å². The van der Waals surface area contributed by atoms with Gasteiger partial charge in [0.1, 0.15) is 17.1 Å². The number of methoxy groups -OCH3 is 2. The number of aliphatic hydroxyl groups is 1. The molecule has 1 N–H and O–H groups in total. The summed E-state index contributed by atoms with van der Waals surface area (Å²) in [5.41, 5.74) is 5.76. The number of nitrogens with zero attached hydrogens (tertiary/aromatic N) is 1. The van der Waals surface area contributed by atoms with E-state index < -0.39 is 5.97 Å². The maximum absolute atomic E-state index is 12.0. The van der Waals surface area contributed by atoms with Gasteiger partial charge in [0.2, 0.25) is 0 Å². The molecule has 0 bridgehead atoms. The third kappa shape index (κ3) is 5.94. The molecule has 6 nitrogen and oxygen atoms in total. The molecular formula is C34H32ClNO5. The second kappa shape index (κ2) is 12.9. The fourth-order valence-electron chi connectivity index (χ4n) is 5.43. The molecule has 0 saturated carbocycles. The summed E-state index contributed by atoms with van der Waals surface area (Å²) in [4.78, 5) is 12.0. The number of carbonyl (C=O) groups excluding carboxylic acids is 1. The Balaban J connectivity index is 1.57. The van der Waals surface area contributed by atoms with E-state index in [2.05, 4.69) is 34.9 Å². The standard InChI is InChI=1S/C34H32ClNO5/c1-39-32-22-26(14-15-28(32)34(38)40-2)41-20-18-27-29-21-25(35)13-16-30(29)36(31(27)17-19-37)33(23-9-5-3-6-10-23)24-11-7-4-8-12-24/h3-16,21-22,33,37H,17-20H2,1-2H3. The van der Waals surface area contributed by atoms with Crippen LogP contribution in [0.4, 0.5) is 0 Å². The second-order valence-corrected chi connectivity index (χ2v) is 10.0. The zero-order valence-corrected chi connectivity index (χ0v) is 23.8. The molecule has 0 radical (unpaired) electrons. The minimum absolute atomic E-state index is 0.000397. The van der Waals surface area contributed by atoms with Crippen molar-refractivity contribution in [3.63, 3.8) is 0 Å². The van der Waals surface area contributed by atoms with Crippen LogP contribution < -0.4 is 9.47 Å². The molecule has 210 valence electrons. The van der Waals surface area contributed by atoms with Crippen LogP contribution in [0.3, 0.4) is 0 Å². The molecule has 0 spiro atoms. The summed E-state index contributed by atoms with van der Waals surface area (Å²) in [6.45, 7) is 0.368. The van der Waals surface area contributed by atoms with E-state index in [0.29, 0.717) is 41.5 Å². The number of ether oxygens (including phenoxy) is 3. The monoisotopic (exact) mass is 569 g/mol. The fraction of sp³-hybridized carbons (Fsp3) is 0.206. The average Bonchev–Trinajstić information content (AvgIpc) is 3.29. The van der Waals surface area contributed by atoms with Gasteiger partial charge in [0.25, 0.3) is 0 Å². The molecule has 0 aliphatic carbocycles. The number of halogens is 1. The maximum Gasteiger partial charge on any atom is 0.341 e. The van der Waals surface area contributed by atoms with Gasteiger partial charge in [-0.25, -0.2) is 4.79 Å². The van der Waals surface area contributed by atoms with E-state index in [4.69, 9.17) is 25.8 Å². The van der Waals surface area contributed by atoms with Gasteiger partial charge in [-0.05, 0) is 47.0 Å². The Morgan fingerprint density at radius 1 is 0.878 bits per heavy atom. The highest BCUT2D eigenvalue weighted by molar-refractivity contribution is 6.31. The zero-order chi connectivity index (χ0) is 28.8. The summed E-state index contributed by atoms with van der Waals surface area (Å²) in [6, 6.07) is 31.7. The summed E-state index contributed by atoms with van der Waals surface area (Å²) < 4.78 is 18.7. The first kappa shape index (κ1) is 28.3. The fourth-order valence-corrected chi connectivity index (χ4v) is 5.60. The van der Waals surface area contributed by atoms with Gasteiger partial charge in [-0.1, -0.05) is 72.3 Å². The number of rotatable bonds is 11. The van der Waals surface area contributed by atoms with Crippen LogP contribution >= 0.6 is 11.6 Å². The van der Waals surface area contributed by atoms with Crippen molar-refractivity contribution in [1.82, 2.24) is 4.57 Å². The first-order chi connectivity index (χ1) is 20.0. The first-order valence-electron chi connectivity index (χ1n) is 13.5. The van der Waals surface area contributed by atoms with Gasteiger partial charge in [0.05, 0.1) is 26.9 Å². The van der Waals surface area contributed by atoms with Crippen LogP contribution in [-0.2, 0) is 17.6 Å². The number of aliphatic hydroxyl groups excluding tert-OH is 1. The predicted octanol–water partition coefficient (Wildman–Crippen LogP) is 6.88. The van der Waals surface area contributed by atoms with Crippen molar-refractivity contribution in [2.24, 2.45) is 0 Å². The van der Waals surface area contributed by atoms with E-state index in [-0.39, 0.29) is 12.6 Å². The van der Waals surface area contributed by atoms with Gasteiger partial charge >= 0.3 is 5.97 Å². The number of hydrogen-bond donors (Lipinski definition) is 1. The average molecular weight is 570 g/mol. The predicted molar refractivity (Wildman–Crippen MR) is 161 cm³/mol. The van der Waals surface area contributed by atoms with Crippen molar-refractivity contribution >= 4 is 28.5 Å². The Bertz CT molecular complexity index is 1590. The van der Waals surface area contributed by atoms with Crippen LogP contribution in [-0.4, -0.2) is 43.1 Å². The Kier molecular flexibility index (Phi) is 8.92. The van der Waals surface area contributed by atoms with Crippen LogP contribution in [0.5, 0.6) is 11.5 Å². The van der Waals surface area contributed by atoms with E-state index in [1.165, 1.54) is 14.2 Å². The summed E-state index contributed by atoms with van der Waals surface area (Å²) in [7, 11) is 2.83. The van der Waals surface area contributed by atoms with Crippen molar-refractivity contribution in [2.75, 3.05) is 27.4 Å². The van der Waals surface area contributed by atoms with E-state index >= 15 is 0 Å². The smallest absolute Gasteiger partial charge is 0.341 e. The number of carbonyl (C=O) groups is 1. The highest BCUT2D eigenvalue weighted by Gasteiger charge is 2.25. The van der Waals surface area contributed by atoms with E-state index in [1.54, 1.807) is 18.2 Å². The molecule has 0 aliphatic rings. The summed E-state index contributed by atoms with van der Waals surface area (Å²) >= 11 is 6.52. The molecule has 0 unspecified atom stereocenters. The lowest BCUT2D eigenvalue weighted by Gasteiger charge is -2.24. The normalized spacial score (nSPS) is 11.1. The van der Waals surface area contributed by atoms with Crippen LogP contribution in [0.1, 0.15) is 38.8 Å². The highest BCUT2D eigenvalue weighted by Crippen LogP contribution is 2.38. The van der Waals surface area contributed by atoms with Crippen LogP contribution in [0, 0.1) is 0 Å². The Hall–Kier alpha value is -4.26. The highest BCUT2D eigenvalue weighted by atomic mass is 35.5. The van der Waals surface area contributed by atoms with Gasteiger partial charge in [-0.15, -0.1) is 0 Å². The van der Waals surface area contributed by atoms with Crippen LogP contribution in [0.25, 0.3) is 10.9 Å². The van der Waals surface area contributed by atoms with E-state index in [1.807, 2.05) is 48.5 Å². The second-order valence-electron chi connectivity index (χ2n) is 9.61. The molecule has 0 fully saturated rings. The number of aromatic nitrogens is 1. The van der Waals surface area contributed by atoms with Gasteiger partial charge in [0.15, 0.2) is 0 Å². The maximum atomic E-state index is 12.0. The van der Waals surface area contributed by atoms with Crippen molar-refractivity contribution in [3.05, 3.63) is 130 Å². The summed E-state index contributed by atoms with van der Waals surface area (Å²) in [6.07, 6.45) is 1.05. The Morgan fingerprint density at radius 2 is 1.56 bits per heavy atom. The lowest BCUT2D eigenvalue weighted by molar-refractivity contribution is 0.0597. The molecule has 1 heterocycles. The van der Waals surface area contributed by atoms with Crippen molar-refractivity contribution in [2.45, 2.75) is 18.9 Å². The molecule has 0 amide bonds. The number of esters is 1. The number of fused-ring (bicyclic) bond motifs is 1. The largest absolute Gasteiger partial charge is 0.496 e. The number of hydrogen-bond acceptors (Lipinski definition) is 5. The quantitative estimate of drug-likeness (QED) is 0.176. The third-order valence-corrected chi connectivity index (χ3v) is 7.45. The molecular weight excluding hydrogens is 538 g/mol. The van der Waals surface area contributed by atoms with E-state index in [9.17, 15) is 9.90 Å². The SMILES string of the molecule is COC(=O)c1ccc(OCCc2c(CCO)n(C(c3ccccc3)c3ccccc3)c3ccc(Cl)cc23)cc1OC. The summed E-state index contributed by atoms with van der Waals surface area (Å²) in [5.74, 6) is 0.483. The Labute approximate surface area is 244 Å². The molecule has 7 heteroatoms. The molecule has 0 atom stereocenters. The lowest BCUT2D eigenvalue weighted by atomic mass is 9.97. The van der Waals surface area contributed by atoms with Crippen LogP contribution in [0.2, 0.25) is 5.02 Å². The topological polar surface area (TPSA) is 69.9 Å². The molecule has 1 aromatic heterocycles. The molecule has 0 aliphatic heterocycles. The minimum Gasteiger partial charge on any atom is -0.496 e. The molecule has 5 aromatic rings. The van der Waals surface area contributed by atoms with Crippen molar-refractivity contribution in [3.8, 4) is 11.5 Å². The zero-order valence-electron chi connectivity index (χ0n) is 23.0. The van der Waals surface area contributed by atoms with Crippen molar-refractivity contribution < 1.29 is 24.1 Å². The molecule has 4 aromatic carbocycles. The van der Waals surface area contributed by atoms with Gasteiger partial charge < -0.3 is 23.9 Å². The summed E-state index contributed by atoms with van der Waals surface area (Å²) in [5, 5.41) is 11.9. The van der Waals surface area contributed by atoms with E-state index in [0.717, 1.165) is 33.3 Å². The molecule has 0 saturated heterocycles. The molecule has 5 rings (SSSR count). The Morgan fingerprint density at radius 3 is 2.17 bits per heavy atom. The number of benzene rings is 4. The van der Waals surface area contributed by atoms with Gasteiger partial charge in [-0.2, -0.15) is 0 Å². The minimum atomic E-state index is -0.474. The lowest BCUT2D eigenvalue weighted by Crippen LogP contribution is -2.17.